The van der Waals surface area contributed by atoms with Crippen LogP contribution in [0.4, 0.5) is 0 Å². The van der Waals surface area contributed by atoms with Gasteiger partial charge < -0.3 is 9.63 Å². The number of aromatic carboxylic acids is 1. The van der Waals surface area contributed by atoms with E-state index in [2.05, 4.69) is 10.1 Å². The van der Waals surface area contributed by atoms with E-state index in [1.54, 1.807) is 23.9 Å². The molecule has 5 aromatic rings. The van der Waals surface area contributed by atoms with E-state index in [0.717, 1.165) is 38.9 Å². The number of hydrogen-bond donors (Lipinski definition) is 2. The minimum Gasteiger partial charge on any atom is -0.478 e. The molecule has 8 nitrogen and oxygen atoms in total. The predicted molar refractivity (Wildman–Crippen MR) is 131 cm³/mol. The zero-order chi connectivity index (χ0) is 23.8. The number of aromatic nitrogens is 4. The summed E-state index contributed by atoms with van der Waals surface area (Å²) >= 11 is 1.56. The molecule has 0 amide bonds. The Kier molecular flexibility index (Phi) is 5.54. The van der Waals surface area contributed by atoms with E-state index in [4.69, 9.17) is 9.51 Å². The highest BCUT2D eigenvalue weighted by Gasteiger charge is 2.21. The smallest absolute Gasteiger partial charge is 0.460 e. The summed E-state index contributed by atoms with van der Waals surface area (Å²) in [5.41, 5.74) is 5.72. The van der Waals surface area contributed by atoms with Crippen molar-refractivity contribution >= 4 is 28.8 Å². The largest absolute Gasteiger partial charge is 0.478 e. The number of carboxylic acids is 1. The molecule has 0 aliphatic rings. The van der Waals surface area contributed by atoms with Crippen LogP contribution in [-0.2, 0) is 0 Å². The van der Waals surface area contributed by atoms with Gasteiger partial charge in [-0.05, 0) is 47.6 Å². The first kappa shape index (κ1) is 21.7. The quantitative estimate of drug-likeness (QED) is 0.328. The molecular weight excluding hydrogens is 452 g/mol. The Balaban J connectivity index is 1.67. The Bertz CT molecular complexity index is 1580. The summed E-state index contributed by atoms with van der Waals surface area (Å²) < 4.78 is 6.65. The van der Waals surface area contributed by atoms with E-state index < -0.39 is 11.7 Å². The molecule has 0 bridgehead atoms. The van der Waals surface area contributed by atoms with Crippen LogP contribution in [0, 0.1) is 6.92 Å². The summed E-state index contributed by atoms with van der Waals surface area (Å²) in [5.74, 6) is -0.524. The fraction of sp³-hybridized carbons (Fsp3) is 0.120. The number of hydrogen-bond acceptors (Lipinski definition) is 6. The SMILES string of the molecule is CCSc1nc2c(C)ccc(C(=O)O)c2n1-c1ccc(-c2ccccc2-c2nc(=O)o[nH]2)cc1. The van der Waals surface area contributed by atoms with Crippen LogP contribution in [0.25, 0.3) is 39.2 Å². The van der Waals surface area contributed by atoms with Crippen LogP contribution >= 0.6 is 11.8 Å². The first-order valence-electron chi connectivity index (χ1n) is 10.6. The number of imidazole rings is 1. The zero-order valence-corrected chi connectivity index (χ0v) is 19.2. The van der Waals surface area contributed by atoms with Crippen molar-refractivity contribution in [2.45, 2.75) is 19.0 Å². The van der Waals surface area contributed by atoms with Crippen molar-refractivity contribution < 1.29 is 14.4 Å². The fourth-order valence-corrected chi connectivity index (χ4v) is 4.74. The molecule has 3 aromatic carbocycles. The van der Waals surface area contributed by atoms with Crippen molar-refractivity contribution in [2.24, 2.45) is 0 Å². The van der Waals surface area contributed by atoms with Gasteiger partial charge in [0.05, 0.1) is 16.6 Å². The molecule has 5 rings (SSSR count). The Hall–Kier alpha value is -4.11. The number of carboxylic acid groups (broad SMARTS) is 1. The molecule has 0 radical (unpaired) electrons. The molecule has 2 aromatic heterocycles. The number of benzene rings is 3. The predicted octanol–water partition coefficient (Wildman–Crippen LogP) is 5.15. The van der Waals surface area contributed by atoms with Crippen LogP contribution in [0.15, 0.2) is 75.1 Å². The van der Waals surface area contributed by atoms with Crippen molar-refractivity contribution in [2.75, 3.05) is 5.75 Å². The van der Waals surface area contributed by atoms with Gasteiger partial charge in [-0.3, -0.25) is 4.57 Å². The minimum atomic E-state index is -0.994. The highest BCUT2D eigenvalue weighted by Crippen LogP contribution is 2.34. The third-order valence-electron chi connectivity index (χ3n) is 5.54. The zero-order valence-electron chi connectivity index (χ0n) is 18.4. The summed E-state index contributed by atoms with van der Waals surface area (Å²) in [5, 5.41) is 13.1. The number of nitrogens with zero attached hydrogens (tertiary/aromatic N) is 3. The number of aromatic amines is 1. The van der Waals surface area contributed by atoms with Gasteiger partial charge in [0.25, 0.3) is 0 Å². The second-order valence-electron chi connectivity index (χ2n) is 7.62. The van der Waals surface area contributed by atoms with E-state index in [0.29, 0.717) is 16.9 Å². The average molecular weight is 473 g/mol. The van der Waals surface area contributed by atoms with Crippen LogP contribution in [0.2, 0.25) is 0 Å². The van der Waals surface area contributed by atoms with Gasteiger partial charge in [0.1, 0.15) is 0 Å². The lowest BCUT2D eigenvalue weighted by atomic mass is 9.99. The van der Waals surface area contributed by atoms with E-state index in [-0.39, 0.29) is 5.56 Å². The first-order chi connectivity index (χ1) is 16.5. The average Bonchev–Trinajstić information content (AvgIpc) is 3.44. The number of aryl methyl sites for hydroxylation is 1. The van der Waals surface area contributed by atoms with Crippen molar-refractivity contribution in [3.05, 3.63) is 82.3 Å². The number of nitrogens with one attached hydrogen (secondary N) is 1. The summed E-state index contributed by atoms with van der Waals surface area (Å²) in [6.45, 7) is 3.97. The Labute approximate surface area is 198 Å². The number of carbonyl (C=O) groups is 1. The molecule has 9 heteroatoms. The van der Waals surface area contributed by atoms with Crippen molar-refractivity contribution in [3.8, 4) is 28.2 Å². The lowest BCUT2D eigenvalue weighted by Crippen LogP contribution is -2.04. The Morgan fingerprint density at radius 3 is 2.44 bits per heavy atom. The third kappa shape index (κ3) is 3.69. The van der Waals surface area contributed by atoms with Gasteiger partial charge in [0.2, 0.25) is 0 Å². The second kappa shape index (κ2) is 8.68. The van der Waals surface area contributed by atoms with Crippen LogP contribution in [0.5, 0.6) is 0 Å². The topological polar surface area (TPSA) is 114 Å². The molecule has 2 heterocycles. The monoisotopic (exact) mass is 472 g/mol. The summed E-state index contributed by atoms with van der Waals surface area (Å²) in [7, 11) is 0. The lowest BCUT2D eigenvalue weighted by molar-refractivity contribution is 0.0698. The van der Waals surface area contributed by atoms with Gasteiger partial charge >= 0.3 is 11.7 Å². The van der Waals surface area contributed by atoms with Gasteiger partial charge in [0, 0.05) is 11.3 Å². The molecule has 2 N–H and O–H groups in total. The van der Waals surface area contributed by atoms with Gasteiger partial charge in [-0.25, -0.2) is 14.6 Å². The molecule has 0 saturated carbocycles. The maximum absolute atomic E-state index is 12.0. The van der Waals surface area contributed by atoms with Gasteiger partial charge in [-0.2, -0.15) is 10.1 Å². The molecule has 0 aliphatic heterocycles. The normalized spacial score (nSPS) is 11.2. The number of H-pyrrole nitrogens is 1. The van der Waals surface area contributed by atoms with Gasteiger partial charge in [-0.1, -0.05) is 61.2 Å². The molecular formula is C25H20N4O4S. The standard InChI is InChI=1S/C25H20N4O4S/c1-3-34-24-26-20-14(2)8-13-19(23(30)31)21(20)29(24)16-11-9-15(10-12-16)17-6-4-5-7-18(17)22-27-25(32)33-28-22/h4-13H,3H2,1-2H3,(H,30,31)(H,27,28,32). The van der Waals surface area contributed by atoms with Crippen molar-refractivity contribution in [1.29, 1.82) is 0 Å². The summed E-state index contributed by atoms with van der Waals surface area (Å²) in [4.78, 5) is 32.1. The molecule has 0 aliphatic carbocycles. The summed E-state index contributed by atoms with van der Waals surface area (Å²) in [6, 6.07) is 18.8. The van der Waals surface area contributed by atoms with Gasteiger partial charge in [0.15, 0.2) is 11.0 Å². The maximum atomic E-state index is 12.0. The highest BCUT2D eigenvalue weighted by atomic mass is 32.2. The summed E-state index contributed by atoms with van der Waals surface area (Å²) in [6.07, 6.45) is 0. The number of rotatable bonds is 6. The minimum absolute atomic E-state index is 0.209. The Morgan fingerprint density at radius 2 is 1.79 bits per heavy atom. The van der Waals surface area contributed by atoms with E-state index in [1.807, 2.05) is 66.9 Å². The van der Waals surface area contributed by atoms with Crippen molar-refractivity contribution in [1.82, 2.24) is 19.7 Å². The fourth-order valence-electron chi connectivity index (χ4n) is 4.00. The van der Waals surface area contributed by atoms with E-state index >= 15 is 0 Å². The molecule has 0 spiro atoms. The van der Waals surface area contributed by atoms with E-state index in [9.17, 15) is 14.7 Å². The second-order valence-corrected chi connectivity index (χ2v) is 8.85. The van der Waals surface area contributed by atoms with Crippen molar-refractivity contribution in [3.63, 3.8) is 0 Å². The highest BCUT2D eigenvalue weighted by molar-refractivity contribution is 7.99. The van der Waals surface area contributed by atoms with Crippen LogP contribution in [0.3, 0.4) is 0 Å². The van der Waals surface area contributed by atoms with Crippen LogP contribution in [-0.4, -0.2) is 36.5 Å². The van der Waals surface area contributed by atoms with Crippen LogP contribution < -0.4 is 5.76 Å². The molecule has 0 saturated heterocycles. The number of fused-ring (bicyclic) bond motifs is 1. The molecule has 34 heavy (non-hydrogen) atoms. The number of thioether (sulfide) groups is 1. The lowest BCUT2D eigenvalue weighted by Gasteiger charge is -2.12. The third-order valence-corrected chi connectivity index (χ3v) is 6.36. The first-order valence-corrected chi connectivity index (χ1v) is 11.6. The van der Waals surface area contributed by atoms with Gasteiger partial charge in [-0.15, -0.1) is 0 Å². The molecule has 0 fully saturated rings. The molecule has 0 unspecified atom stereocenters. The van der Waals surface area contributed by atoms with Crippen LogP contribution in [0.1, 0.15) is 22.8 Å². The molecule has 170 valence electrons. The maximum Gasteiger partial charge on any atom is 0.460 e. The Morgan fingerprint density at radius 1 is 1.06 bits per heavy atom. The molecule has 0 atom stereocenters. The van der Waals surface area contributed by atoms with E-state index in [1.165, 1.54) is 0 Å².